The number of nitrogens with zero attached hydrogens (tertiary/aromatic N) is 1. The maximum atomic E-state index is 13.5. The van der Waals surface area contributed by atoms with Crippen LogP contribution in [0.3, 0.4) is 0 Å². The fourth-order valence-corrected chi connectivity index (χ4v) is 4.47. The summed E-state index contributed by atoms with van der Waals surface area (Å²) in [6, 6.07) is 18.6. The van der Waals surface area contributed by atoms with E-state index in [1.807, 2.05) is 45.9 Å². The van der Waals surface area contributed by atoms with Crippen LogP contribution in [0.2, 0.25) is 0 Å². The van der Waals surface area contributed by atoms with Gasteiger partial charge in [-0.05, 0) is 75.2 Å². The number of carbonyl (C=O) groups excluding carboxylic acids is 2. The van der Waals surface area contributed by atoms with Crippen LogP contribution in [0.5, 0.6) is 17.2 Å². The molecular formula is C30H31NO6. The van der Waals surface area contributed by atoms with Gasteiger partial charge >= 0.3 is 0 Å². The van der Waals surface area contributed by atoms with Gasteiger partial charge in [-0.25, -0.2) is 0 Å². The molecule has 3 aromatic rings. The van der Waals surface area contributed by atoms with Crippen LogP contribution in [-0.4, -0.2) is 36.6 Å². The molecule has 0 bridgehead atoms. The Morgan fingerprint density at radius 2 is 1.76 bits per heavy atom. The first-order valence-electron chi connectivity index (χ1n) is 12.2. The van der Waals surface area contributed by atoms with E-state index in [0.717, 1.165) is 5.56 Å². The average molecular weight is 502 g/mol. The molecule has 0 aromatic heterocycles. The largest absolute Gasteiger partial charge is 0.507 e. The summed E-state index contributed by atoms with van der Waals surface area (Å²) in [4.78, 5) is 28.3. The molecule has 1 fully saturated rings. The zero-order valence-electron chi connectivity index (χ0n) is 21.6. The van der Waals surface area contributed by atoms with E-state index in [1.165, 1.54) is 4.90 Å². The minimum atomic E-state index is -0.887. The molecule has 3 aromatic carbocycles. The Bertz CT molecular complexity index is 1360. The highest BCUT2D eigenvalue weighted by molar-refractivity contribution is 6.51. The van der Waals surface area contributed by atoms with E-state index in [0.29, 0.717) is 40.7 Å². The fraction of sp³-hybridized carbons (Fsp3) is 0.267. The van der Waals surface area contributed by atoms with Crippen molar-refractivity contribution in [1.82, 2.24) is 0 Å². The zero-order valence-corrected chi connectivity index (χ0v) is 21.6. The first kappa shape index (κ1) is 25.8. The molecule has 0 spiro atoms. The summed E-state index contributed by atoms with van der Waals surface area (Å²) in [6.45, 7) is 7.98. The van der Waals surface area contributed by atoms with Crippen molar-refractivity contribution in [3.8, 4) is 17.2 Å². The van der Waals surface area contributed by atoms with Crippen molar-refractivity contribution in [3.05, 3.63) is 89.0 Å². The molecule has 0 aliphatic carbocycles. The number of hydrogen-bond acceptors (Lipinski definition) is 6. The number of amides is 1. The van der Waals surface area contributed by atoms with Crippen molar-refractivity contribution in [2.75, 3.05) is 18.6 Å². The molecule has 1 atom stereocenters. The number of hydrogen-bond donors (Lipinski definition) is 1. The highest BCUT2D eigenvalue weighted by Crippen LogP contribution is 2.44. The number of aliphatic hydroxyl groups is 1. The first-order chi connectivity index (χ1) is 17.7. The molecule has 1 aliphatic heterocycles. The zero-order chi connectivity index (χ0) is 26.7. The summed E-state index contributed by atoms with van der Waals surface area (Å²) >= 11 is 0. The lowest BCUT2D eigenvalue weighted by Crippen LogP contribution is -2.29. The van der Waals surface area contributed by atoms with Gasteiger partial charge in [-0.3, -0.25) is 14.5 Å². The van der Waals surface area contributed by atoms with Crippen molar-refractivity contribution >= 4 is 23.1 Å². The van der Waals surface area contributed by atoms with Gasteiger partial charge in [0.05, 0.1) is 31.4 Å². The number of aliphatic hydroxyl groups excluding tert-OH is 1. The second-order valence-corrected chi connectivity index (χ2v) is 9.05. The van der Waals surface area contributed by atoms with E-state index < -0.39 is 17.7 Å². The third kappa shape index (κ3) is 5.16. The summed E-state index contributed by atoms with van der Waals surface area (Å²) in [5, 5.41) is 11.5. The Morgan fingerprint density at radius 1 is 1.00 bits per heavy atom. The fourth-order valence-electron chi connectivity index (χ4n) is 4.47. The van der Waals surface area contributed by atoms with Crippen LogP contribution >= 0.6 is 0 Å². The van der Waals surface area contributed by atoms with Gasteiger partial charge in [0, 0.05) is 11.3 Å². The maximum Gasteiger partial charge on any atom is 0.300 e. The number of rotatable bonds is 8. The predicted octanol–water partition coefficient (Wildman–Crippen LogP) is 5.82. The number of ether oxygens (including phenoxy) is 3. The van der Waals surface area contributed by atoms with E-state index in [1.54, 1.807) is 55.6 Å². The van der Waals surface area contributed by atoms with Crippen molar-refractivity contribution in [2.45, 2.75) is 39.8 Å². The van der Waals surface area contributed by atoms with Crippen LogP contribution < -0.4 is 19.1 Å². The lowest BCUT2D eigenvalue weighted by Gasteiger charge is -2.26. The molecule has 7 heteroatoms. The molecule has 0 saturated carbocycles. The van der Waals surface area contributed by atoms with Gasteiger partial charge in [0.2, 0.25) is 0 Å². The molecule has 1 saturated heterocycles. The van der Waals surface area contributed by atoms with Crippen molar-refractivity contribution < 1.29 is 28.9 Å². The number of anilines is 1. The highest BCUT2D eigenvalue weighted by atomic mass is 16.5. The van der Waals surface area contributed by atoms with Crippen molar-refractivity contribution in [2.24, 2.45) is 0 Å². The number of Topliss-reactive ketones (excluding diaryl/α,β-unsaturated/α-hetero) is 1. The van der Waals surface area contributed by atoms with Crippen LogP contribution in [0.1, 0.15) is 43.5 Å². The number of carbonyl (C=O) groups is 2. The molecule has 0 radical (unpaired) electrons. The van der Waals surface area contributed by atoms with Gasteiger partial charge in [0.25, 0.3) is 11.7 Å². The van der Waals surface area contributed by atoms with Gasteiger partial charge in [-0.2, -0.15) is 0 Å². The summed E-state index contributed by atoms with van der Waals surface area (Å²) in [5.41, 5.74) is 2.45. The summed E-state index contributed by atoms with van der Waals surface area (Å²) in [7, 11) is 1.54. The molecule has 4 rings (SSSR count). The number of ketones is 1. The summed E-state index contributed by atoms with van der Waals surface area (Å²) in [6.07, 6.45) is -0.0689. The lowest BCUT2D eigenvalue weighted by atomic mass is 9.94. The Balaban J connectivity index is 1.94. The van der Waals surface area contributed by atoms with E-state index >= 15 is 0 Å². The molecular weight excluding hydrogens is 470 g/mol. The van der Waals surface area contributed by atoms with Gasteiger partial charge in [-0.1, -0.05) is 30.3 Å². The molecule has 1 heterocycles. The molecule has 1 aliphatic rings. The summed E-state index contributed by atoms with van der Waals surface area (Å²) in [5.74, 6) is -0.220. The standard InChI is InChI=1S/C30H31NO6/c1-6-36-25-17-20(13-14-24(25)35-5)27-26(28(32)21-10-8-12-23(16-21)37-18(2)3)29(33)30(34)31(27)22-11-7-9-19(4)15-22/h7-18,27,32H,6H2,1-5H3/b28-26-. The smallest absolute Gasteiger partial charge is 0.300 e. The van der Waals surface area contributed by atoms with Crippen molar-refractivity contribution in [3.63, 3.8) is 0 Å². The minimum Gasteiger partial charge on any atom is -0.507 e. The van der Waals surface area contributed by atoms with E-state index in [4.69, 9.17) is 14.2 Å². The topological polar surface area (TPSA) is 85.3 Å². The van der Waals surface area contributed by atoms with E-state index in [2.05, 4.69) is 0 Å². The van der Waals surface area contributed by atoms with Crippen LogP contribution in [0.25, 0.3) is 5.76 Å². The van der Waals surface area contributed by atoms with Gasteiger partial charge < -0.3 is 19.3 Å². The first-order valence-corrected chi connectivity index (χ1v) is 12.2. The van der Waals surface area contributed by atoms with Crippen LogP contribution in [-0.2, 0) is 9.59 Å². The number of methoxy groups -OCH3 is 1. The molecule has 7 nitrogen and oxygen atoms in total. The monoisotopic (exact) mass is 501 g/mol. The molecule has 1 N–H and O–H groups in total. The Labute approximate surface area is 216 Å². The maximum absolute atomic E-state index is 13.5. The normalized spacial score (nSPS) is 16.8. The van der Waals surface area contributed by atoms with Crippen LogP contribution in [0, 0.1) is 6.92 Å². The number of benzene rings is 3. The number of aryl methyl sites for hydroxylation is 1. The highest BCUT2D eigenvalue weighted by Gasteiger charge is 2.47. The second-order valence-electron chi connectivity index (χ2n) is 9.05. The quantitative estimate of drug-likeness (QED) is 0.238. The molecule has 192 valence electrons. The average Bonchev–Trinajstić information content (AvgIpc) is 3.13. The third-order valence-electron chi connectivity index (χ3n) is 6.01. The Kier molecular flexibility index (Phi) is 7.53. The Morgan fingerprint density at radius 3 is 2.43 bits per heavy atom. The van der Waals surface area contributed by atoms with Crippen LogP contribution in [0.15, 0.2) is 72.3 Å². The van der Waals surface area contributed by atoms with Gasteiger partial charge in [0.1, 0.15) is 11.5 Å². The minimum absolute atomic E-state index is 0.0131. The SMILES string of the molecule is CCOc1cc(C2/C(=C(/O)c3cccc(OC(C)C)c3)C(=O)C(=O)N2c2cccc(C)c2)ccc1OC. The van der Waals surface area contributed by atoms with Crippen molar-refractivity contribution in [1.29, 1.82) is 0 Å². The summed E-state index contributed by atoms with van der Waals surface area (Å²) < 4.78 is 17.0. The van der Waals surface area contributed by atoms with Crippen LogP contribution in [0.4, 0.5) is 5.69 Å². The van der Waals surface area contributed by atoms with Gasteiger partial charge in [-0.15, -0.1) is 0 Å². The third-order valence-corrected chi connectivity index (χ3v) is 6.01. The second kappa shape index (κ2) is 10.8. The Hall–Kier alpha value is -4.26. The molecule has 1 amide bonds. The van der Waals surface area contributed by atoms with E-state index in [9.17, 15) is 14.7 Å². The predicted molar refractivity (Wildman–Crippen MR) is 142 cm³/mol. The lowest BCUT2D eigenvalue weighted by molar-refractivity contribution is -0.132. The van der Waals surface area contributed by atoms with E-state index in [-0.39, 0.29) is 17.4 Å². The molecule has 1 unspecified atom stereocenters. The molecule has 37 heavy (non-hydrogen) atoms. The van der Waals surface area contributed by atoms with Gasteiger partial charge in [0.15, 0.2) is 11.5 Å².